The fraction of sp³-hybridized carbons (Fsp3) is 0.600. The maximum absolute atomic E-state index is 13.0. The van der Waals surface area contributed by atoms with Crippen molar-refractivity contribution < 1.29 is 27.8 Å². The van der Waals surface area contributed by atoms with Gasteiger partial charge in [0.05, 0.1) is 12.2 Å². The summed E-state index contributed by atoms with van der Waals surface area (Å²) in [7, 11) is 0. The number of hydrogen-bond acceptors (Lipinski definition) is 3. The molecule has 6 heteroatoms. The molecule has 1 rings (SSSR count). The Labute approximate surface area is 122 Å². The smallest absolute Gasteiger partial charge is 0.421 e. The summed E-state index contributed by atoms with van der Waals surface area (Å²) in [6.45, 7) is 7.72. The molecule has 1 unspecified atom stereocenters. The molecule has 0 saturated heterocycles. The third-order valence-corrected chi connectivity index (χ3v) is 2.76. The number of hydrogen-bond donors (Lipinski definition) is 1. The number of benzene rings is 1. The van der Waals surface area contributed by atoms with Gasteiger partial charge in [-0.2, -0.15) is 13.2 Å². The van der Waals surface area contributed by atoms with E-state index >= 15 is 0 Å². The molecule has 1 N–H and O–H groups in total. The van der Waals surface area contributed by atoms with Crippen molar-refractivity contribution in [3.8, 4) is 11.5 Å². The lowest BCUT2D eigenvalue weighted by Gasteiger charge is -2.29. The molecule has 0 amide bonds. The molecule has 1 aromatic carbocycles. The minimum absolute atomic E-state index is 0.0366. The highest BCUT2D eigenvalue weighted by molar-refractivity contribution is 5.44. The van der Waals surface area contributed by atoms with Crippen LogP contribution in [0.15, 0.2) is 18.2 Å². The number of rotatable bonds is 5. The van der Waals surface area contributed by atoms with Crippen LogP contribution in [0, 0.1) is 0 Å². The topological polar surface area (TPSA) is 38.7 Å². The maximum atomic E-state index is 13.0. The molecule has 0 aliphatic carbocycles. The van der Waals surface area contributed by atoms with Gasteiger partial charge in [-0.05, 0) is 46.8 Å². The fourth-order valence-electron chi connectivity index (χ4n) is 1.75. The Morgan fingerprint density at radius 1 is 1.00 bits per heavy atom. The summed E-state index contributed by atoms with van der Waals surface area (Å²) < 4.78 is 49.9. The minimum atomic E-state index is -4.80. The Hall–Kier alpha value is -1.43. The van der Waals surface area contributed by atoms with Crippen molar-refractivity contribution in [2.75, 3.05) is 0 Å². The van der Waals surface area contributed by atoms with E-state index in [1.165, 1.54) is 18.2 Å². The molecule has 0 bridgehead atoms. The van der Waals surface area contributed by atoms with Crippen LogP contribution < -0.4 is 9.47 Å². The molecule has 0 spiro atoms. The van der Waals surface area contributed by atoms with E-state index in [-0.39, 0.29) is 23.5 Å². The van der Waals surface area contributed by atoms with Gasteiger partial charge in [-0.15, -0.1) is 0 Å². The Kier molecular flexibility index (Phi) is 5.15. The van der Waals surface area contributed by atoms with E-state index < -0.39 is 11.8 Å². The van der Waals surface area contributed by atoms with E-state index in [0.29, 0.717) is 12.7 Å². The number of ether oxygens (including phenoxy) is 2. The third kappa shape index (κ3) is 4.27. The van der Waals surface area contributed by atoms with Gasteiger partial charge in [0.25, 0.3) is 0 Å². The summed E-state index contributed by atoms with van der Waals surface area (Å²) in [4.78, 5) is 0. The van der Waals surface area contributed by atoms with Gasteiger partial charge < -0.3 is 14.6 Å². The summed E-state index contributed by atoms with van der Waals surface area (Å²) in [5.41, 5.74) is -3.33. The van der Waals surface area contributed by atoms with Gasteiger partial charge >= 0.3 is 6.18 Å². The molecule has 0 heterocycles. The fourth-order valence-corrected chi connectivity index (χ4v) is 1.75. The molecule has 3 nitrogen and oxygen atoms in total. The van der Waals surface area contributed by atoms with Gasteiger partial charge in [-0.3, -0.25) is 0 Å². The van der Waals surface area contributed by atoms with Gasteiger partial charge in [0.15, 0.2) is 5.60 Å². The van der Waals surface area contributed by atoms with E-state index in [0.717, 1.165) is 0 Å². The van der Waals surface area contributed by atoms with Crippen LogP contribution in [0.25, 0.3) is 0 Å². The average Bonchev–Trinajstić information content (AvgIpc) is 2.25. The van der Waals surface area contributed by atoms with Crippen LogP contribution in [-0.4, -0.2) is 23.5 Å². The van der Waals surface area contributed by atoms with Crippen LogP contribution in [0.5, 0.6) is 11.5 Å². The normalized spacial score (nSPS) is 15.2. The van der Waals surface area contributed by atoms with Gasteiger partial charge in [0.2, 0.25) is 0 Å². The molecule has 0 saturated carbocycles. The maximum Gasteiger partial charge on any atom is 0.421 e. The quantitative estimate of drug-likeness (QED) is 0.892. The SMILES string of the molecule is CC(C)Oc1ccc(C(C)(O)C(F)(F)F)c(OC(C)C)c1. The van der Waals surface area contributed by atoms with Crippen molar-refractivity contribution in [2.45, 2.75) is 58.6 Å². The lowest BCUT2D eigenvalue weighted by Crippen LogP contribution is -2.39. The van der Waals surface area contributed by atoms with Crippen molar-refractivity contribution in [2.24, 2.45) is 0 Å². The second-order valence-electron chi connectivity index (χ2n) is 5.56. The second-order valence-corrected chi connectivity index (χ2v) is 5.56. The van der Waals surface area contributed by atoms with Crippen molar-refractivity contribution in [1.82, 2.24) is 0 Å². The lowest BCUT2D eigenvalue weighted by molar-refractivity contribution is -0.259. The van der Waals surface area contributed by atoms with Crippen LogP contribution in [0.2, 0.25) is 0 Å². The zero-order chi connectivity index (χ0) is 16.4. The van der Waals surface area contributed by atoms with Crippen molar-refractivity contribution in [3.05, 3.63) is 23.8 Å². The molecule has 0 fully saturated rings. The molecular formula is C15H21F3O3. The Bertz CT molecular complexity index is 480. The van der Waals surface area contributed by atoms with Gasteiger partial charge in [-0.1, -0.05) is 0 Å². The van der Waals surface area contributed by atoms with Crippen LogP contribution >= 0.6 is 0 Å². The van der Waals surface area contributed by atoms with Gasteiger partial charge in [-0.25, -0.2) is 0 Å². The molecule has 0 aromatic heterocycles. The number of alkyl halides is 3. The molecule has 120 valence electrons. The lowest BCUT2D eigenvalue weighted by atomic mass is 9.94. The standard InChI is InChI=1S/C15H21F3O3/c1-9(2)20-11-6-7-12(13(8-11)21-10(3)4)14(5,19)15(16,17)18/h6-10,19H,1-5H3. The van der Waals surface area contributed by atoms with E-state index in [4.69, 9.17) is 9.47 Å². The number of aliphatic hydroxyl groups is 1. The first-order valence-electron chi connectivity index (χ1n) is 6.72. The van der Waals surface area contributed by atoms with Gasteiger partial charge in [0, 0.05) is 11.6 Å². The summed E-state index contributed by atoms with van der Waals surface area (Å²) in [6.07, 6.45) is -5.25. The Morgan fingerprint density at radius 2 is 1.52 bits per heavy atom. The van der Waals surface area contributed by atoms with E-state index in [1.54, 1.807) is 13.8 Å². The minimum Gasteiger partial charge on any atom is -0.491 e. The van der Waals surface area contributed by atoms with E-state index in [9.17, 15) is 18.3 Å². The van der Waals surface area contributed by atoms with Crippen molar-refractivity contribution in [1.29, 1.82) is 0 Å². The molecule has 0 aliphatic rings. The average molecular weight is 306 g/mol. The molecule has 0 radical (unpaired) electrons. The molecular weight excluding hydrogens is 285 g/mol. The van der Waals surface area contributed by atoms with Crippen LogP contribution in [0.4, 0.5) is 13.2 Å². The second kappa shape index (κ2) is 6.13. The zero-order valence-corrected chi connectivity index (χ0v) is 12.8. The molecule has 1 aromatic rings. The van der Waals surface area contributed by atoms with Crippen molar-refractivity contribution >= 4 is 0 Å². The molecule has 1 atom stereocenters. The zero-order valence-electron chi connectivity index (χ0n) is 12.8. The summed E-state index contributed by atoms with van der Waals surface area (Å²) in [6, 6.07) is 3.95. The largest absolute Gasteiger partial charge is 0.491 e. The predicted molar refractivity (Wildman–Crippen MR) is 73.6 cm³/mol. The van der Waals surface area contributed by atoms with Crippen LogP contribution in [-0.2, 0) is 5.60 Å². The summed E-state index contributed by atoms with van der Waals surface area (Å²) in [5, 5.41) is 9.84. The summed E-state index contributed by atoms with van der Waals surface area (Å²) >= 11 is 0. The first-order valence-corrected chi connectivity index (χ1v) is 6.72. The first kappa shape index (κ1) is 17.6. The summed E-state index contributed by atoms with van der Waals surface area (Å²) in [5.74, 6) is 0.354. The predicted octanol–water partition coefficient (Wildman–Crippen LogP) is 4.03. The van der Waals surface area contributed by atoms with Crippen LogP contribution in [0.1, 0.15) is 40.2 Å². The highest BCUT2D eigenvalue weighted by atomic mass is 19.4. The van der Waals surface area contributed by atoms with Crippen molar-refractivity contribution in [3.63, 3.8) is 0 Å². The van der Waals surface area contributed by atoms with Crippen LogP contribution in [0.3, 0.4) is 0 Å². The molecule has 21 heavy (non-hydrogen) atoms. The van der Waals surface area contributed by atoms with E-state index in [2.05, 4.69) is 0 Å². The Balaban J connectivity index is 3.31. The molecule has 0 aliphatic heterocycles. The Morgan fingerprint density at radius 3 is 1.95 bits per heavy atom. The highest BCUT2D eigenvalue weighted by Crippen LogP contribution is 2.43. The monoisotopic (exact) mass is 306 g/mol. The van der Waals surface area contributed by atoms with Gasteiger partial charge in [0.1, 0.15) is 11.5 Å². The first-order chi connectivity index (χ1) is 9.45. The van der Waals surface area contributed by atoms with E-state index in [1.807, 2.05) is 13.8 Å². The highest BCUT2D eigenvalue weighted by Gasteiger charge is 2.52. The number of halogens is 3. The third-order valence-electron chi connectivity index (χ3n) is 2.76.